The molecule has 0 bridgehead atoms. The summed E-state index contributed by atoms with van der Waals surface area (Å²) in [6.45, 7) is 3.00. The molecule has 0 radical (unpaired) electrons. The number of nitrogens with one attached hydrogen (secondary N) is 1. The summed E-state index contributed by atoms with van der Waals surface area (Å²) in [7, 11) is 1.97. The average Bonchev–Trinajstić information content (AvgIpc) is 2.95. The topological polar surface area (TPSA) is 37.3 Å². The van der Waals surface area contributed by atoms with E-state index in [-0.39, 0.29) is 5.91 Å². The fraction of sp³-hybridized carbons (Fsp3) is 0.318. The molecule has 0 saturated carbocycles. The summed E-state index contributed by atoms with van der Waals surface area (Å²) >= 11 is 6.07. The number of amides is 1. The highest BCUT2D eigenvalue weighted by Crippen LogP contribution is 2.28. The van der Waals surface area contributed by atoms with Gasteiger partial charge in [0.15, 0.2) is 0 Å². The van der Waals surface area contributed by atoms with E-state index in [0.717, 1.165) is 41.8 Å². The molecule has 1 amide bonds. The predicted molar refractivity (Wildman–Crippen MR) is 111 cm³/mol. The van der Waals surface area contributed by atoms with Crippen molar-refractivity contribution in [3.63, 3.8) is 0 Å². The Hall–Kier alpha value is -2.30. The Morgan fingerprint density at radius 1 is 1.07 bits per heavy atom. The molecule has 0 spiro atoms. The van der Waals surface area contributed by atoms with E-state index in [1.54, 1.807) is 12.1 Å². The second kappa shape index (κ2) is 7.75. The number of para-hydroxylation sites is 1. The van der Waals surface area contributed by atoms with Crippen molar-refractivity contribution in [1.29, 1.82) is 0 Å². The zero-order valence-electron chi connectivity index (χ0n) is 15.5. The first-order valence-corrected chi connectivity index (χ1v) is 9.87. The highest BCUT2D eigenvalue weighted by atomic mass is 35.5. The lowest BCUT2D eigenvalue weighted by Gasteiger charge is -2.26. The third-order valence-corrected chi connectivity index (χ3v) is 5.57. The van der Waals surface area contributed by atoms with Gasteiger partial charge in [-0.2, -0.15) is 0 Å². The molecule has 4 rings (SSSR count). The third kappa shape index (κ3) is 3.73. The van der Waals surface area contributed by atoms with Crippen LogP contribution in [0, 0.1) is 0 Å². The number of piperidine rings is 1. The molecule has 4 nitrogen and oxygen atoms in total. The molecule has 0 atom stereocenters. The van der Waals surface area contributed by atoms with Crippen molar-refractivity contribution in [2.75, 3.05) is 18.4 Å². The number of carbonyl (C=O) groups is 1. The molecule has 27 heavy (non-hydrogen) atoms. The minimum absolute atomic E-state index is 0.0945. The van der Waals surface area contributed by atoms with Gasteiger partial charge in [-0.3, -0.25) is 9.69 Å². The third-order valence-electron chi connectivity index (χ3n) is 5.34. The van der Waals surface area contributed by atoms with Crippen LogP contribution in [0.15, 0.2) is 48.5 Å². The molecule has 0 unspecified atom stereocenters. The molecule has 1 N–H and O–H groups in total. The number of benzene rings is 2. The van der Waals surface area contributed by atoms with Crippen LogP contribution in [0.2, 0.25) is 5.02 Å². The van der Waals surface area contributed by atoms with E-state index in [1.165, 1.54) is 19.3 Å². The number of hydrogen-bond acceptors (Lipinski definition) is 2. The van der Waals surface area contributed by atoms with Gasteiger partial charge >= 0.3 is 0 Å². The lowest BCUT2D eigenvalue weighted by Crippen LogP contribution is -2.30. The van der Waals surface area contributed by atoms with Crippen LogP contribution in [-0.2, 0) is 13.6 Å². The van der Waals surface area contributed by atoms with Gasteiger partial charge in [0.05, 0.1) is 0 Å². The Kier molecular flexibility index (Phi) is 5.19. The maximum Gasteiger partial charge on any atom is 0.272 e. The van der Waals surface area contributed by atoms with Gasteiger partial charge in [-0.25, -0.2) is 0 Å². The number of anilines is 1. The van der Waals surface area contributed by atoms with Crippen molar-refractivity contribution >= 4 is 34.1 Å². The molecule has 3 aromatic rings. The van der Waals surface area contributed by atoms with Gasteiger partial charge in [0.25, 0.3) is 5.91 Å². The summed E-state index contributed by atoms with van der Waals surface area (Å²) in [5, 5.41) is 4.78. The Bertz CT molecular complexity index is 973. The van der Waals surface area contributed by atoms with E-state index in [4.69, 9.17) is 11.6 Å². The van der Waals surface area contributed by atoms with Crippen LogP contribution < -0.4 is 5.32 Å². The summed E-state index contributed by atoms with van der Waals surface area (Å²) < 4.78 is 2.01. The molecule has 1 aliphatic rings. The van der Waals surface area contributed by atoms with Crippen LogP contribution in [0.25, 0.3) is 10.9 Å². The van der Waals surface area contributed by atoms with E-state index in [0.29, 0.717) is 10.7 Å². The molecular weight excluding hydrogens is 358 g/mol. The van der Waals surface area contributed by atoms with Crippen LogP contribution in [0.4, 0.5) is 5.69 Å². The number of nitrogens with zero attached hydrogens (tertiary/aromatic N) is 2. The van der Waals surface area contributed by atoms with Crippen molar-refractivity contribution in [2.45, 2.75) is 25.8 Å². The largest absolute Gasteiger partial charge is 0.339 e. The predicted octanol–water partition coefficient (Wildman–Crippen LogP) is 5.07. The summed E-state index contributed by atoms with van der Waals surface area (Å²) in [4.78, 5) is 15.6. The maximum absolute atomic E-state index is 13.2. The zero-order chi connectivity index (χ0) is 18.8. The molecule has 5 heteroatoms. The van der Waals surface area contributed by atoms with Gasteiger partial charge in [-0.05, 0) is 50.2 Å². The first-order chi connectivity index (χ1) is 13.1. The maximum atomic E-state index is 13.2. The van der Waals surface area contributed by atoms with Crippen LogP contribution in [0.3, 0.4) is 0 Å². The summed E-state index contributed by atoms with van der Waals surface area (Å²) in [6, 6.07) is 15.5. The number of fused-ring (bicyclic) bond motifs is 1. The quantitative estimate of drug-likeness (QED) is 0.685. The SMILES string of the molecule is Cn1c(C(=O)Nc2cccc(Cl)c2)c(CN2CCCCC2)c2ccccc21. The lowest BCUT2D eigenvalue weighted by atomic mass is 10.1. The molecule has 2 heterocycles. The molecule has 1 aliphatic heterocycles. The number of likely N-dealkylation sites (tertiary alicyclic amines) is 1. The van der Waals surface area contributed by atoms with Gasteiger partial charge in [0, 0.05) is 40.8 Å². The van der Waals surface area contributed by atoms with Crippen molar-refractivity contribution in [3.8, 4) is 0 Å². The van der Waals surface area contributed by atoms with Gasteiger partial charge in [0.2, 0.25) is 0 Å². The number of aryl methyl sites for hydroxylation is 1. The van der Waals surface area contributed by atoms with E-state index >= 15 is 0 Å². The Morgan fingerprint density at radius 2 is 1.85 bits per heavy atom. The van der Waals surface area contributed by atoms with Crippen LogP contribution in [-0.4, -0.2) is 28.5 Å². The van der Waals surface area contributed by atoms with Crippen LogP contribution >= 0.6 is 11.6 Å². The summed E-state index contributed by atoms with van der Waals surface area (Å²) in [5.74, 6) is -0.0945. The Morgan fingerprint density at radius 3 is 2.63 bits per heavy atom. The van der Waals surface area contributed by atoms with Crippen molar-refractivity contribution in [3.05, 3.63) is 64.8 Å². The van der Waals surface area contributed by atoms with E-state index < -0.39 is 0 Å². The standard InChI is InChI=1S/C22H24ClN3O/c1-25-20-11-4-3-10-18(20)19(15-26-12-5-2-6-13-26)21(25)22(27)24-17-9-7-8-16(23)14-17/h3-4,7-11,14H,2,5-6,12-13,15H2,1H3,(H,24,27). The number of rotatable bonds is 4. The highest BCUT2D eigenvalue weighted by molar-refractivity contribution is 6.31. The van der Waals surface area contributed by atoms with Gasteiger partial charge in [-0.1, -0.05) is 42.3 Å². The molecule has 1 fully saturated rings. The van der Waals surface area contributed by atoms with E-state index in [2.05, 4.69) is 22.3 Å². The monoisotopic (exact) mass is 381 g/mol. The number of hydrogen-bond donors (Lipinski definition) is 1. The van der Waals surface area contributed by atoms with Crippen molar-refractivity contribution in [1.82, 2.24) is 9.47 Å². The normalized spacial score (nSPS) is 15.2. The minimum Gasteiger partial charge on any atom is -0.339 e. The number of halogens is 1. The first-order valence-electron chi connectivity index (χ1n) is 9.49. The van der Waals surface area contributed by atoms with Gasteiger partial charge in [0.1, 0.15) is 5.69 Å². The van der Waals surface area contributed by atoms with Crippen molar-refractivity contribution in [2.24, 2.45) is 7.05 Å². The molecule has 1 aromatic heterocycles. The van der Waals surface area contributed by atoms with Gasteiger partial charge < -0.3 is 9.88 Å². The van der Waals surface area contributed by atoms with Crippen LogP contribution in [0.1, 0.15) is 35.3 Å². The average molecular weight is 382 g/mol. The van der Waals surface area contributed by atoms with Gasteiger partial charge in [-0.15, -0.1) is 0 Å². The fourth-order valence-corrected chi connectivity index (χ4v) is 4.21. The second-order valence-electron chi connectivity index (χ2n) is 7.20. The fourth-order valence-electron chi connectivity index (χ4n) is 4.02. The summed E-state index contributed by atoms with van der Waals surface area (Å²) in [6.07, 6.45) is 3.76. The molecule has 0 aliphatic carbocycles. The Balaban J connectivity index is 1.72. The number of carbonyl (C=O) groups excluding carboxylic acids is 1. The first kappa shape index (κ1) is 18.1. The molecule has 140 valence electrons. The smallest absolute Gasteiger partial charge is 0.272 e. The molecular formula is C22H24ClN3O. The van der Waals surface area contributed by atoms with Crippen LogP contribution in [0.5, 0.6) is 0 Å². The Labute approximate surface area is 164 Å². The molecule has 1 saturated heterocycles. The number of aromatic nitrogens is 1. The molecule has 2 aromatic carbocycles. The second-order valence-corrected chi connectivity index (χ2v) is 7.64. The van der Waals surface area contributed by atoms with E-state index in [1.807, 2.05) is 35.9 Å². The minimum atomic E-state index is -0.0945. The van der Waals surface area contributed by atoms with Crippen molar-refractivity contribution < 1.29 is 4.79 Å². The highest BCUT2D eigenvalue weighted by Gasteiger charge is 2.23. The lowest BCUT2D eigenvalue weighted by molar-refractivity contribution is 0.101. The zero-order valence-corrected chi connectivity index (χ0v) is 16.3. The summed E-state index contributed by atoms with van der Waals surface area (Å²) in [5.41, 5.74) is 3.62. The van der Waals surface area contributed by atoms with E-state index in [9.17, 15) is 4.79 Å².